The van der Waals surface area contributed by atoms with Crippen molar-refractivity contribution < 1.29 is 0 Å². The maximum absolute atomic E-state index is 5.62. The molecule has 0 bridgehead atoms. The van der Waals surface area contributed by atoms with E-state index in [4.69, 9.17) is 5.73 Å². The first-order valence-electron chi connectivity index (χ1n) is 4.78. The van der Waals surface area contributed by atoms with Crippen LogP contribution in [0.25, 0.3) is 0 Å². The van der Waals surface area contributed by atoms with Crippen LogP contribution in [-0.2, 0) is 0 Å². The predicted octanol–water partition coefficient (Wildman–Crippen LogP) is 2.72. The maximum Gasteiger partial charge on any atom is 0.222 e. The molecule has 0 unspecified atom stereocenters. The molecule has 0 radical (unpaired) electrons. The SMILES string of the molecule is Cc1nc(N)nc(Nc2ccccc2)c1I. The number of halogens is 1. The highest BCUT2D eigenvalue weighted by Crippen LogP contribution is 2.22. The molecule has 2 aromatic rings. The van der Waals surface area contributed by atoms with Crippen molar-refractivity contribution in [1.82, 2.24) is 9.97 Å². The third kappa shape index (κ3) is 2.41. The van der Waals surface area contributed by atoms with Crippen LogP contribution in [0.15, 0.2) is 30.3 Å². The number of anilines is 3. The zero-order valence-electron chi connectivity index (χ0n) is 8.74. The molecule has 0 amide bonds. The van der Waals surface area contributed by atoms with Gasteiger partial charge in [-0.25, -0.2) is 4.98 Å². The minimum atomic E-state index is 0.288. The van der Waals surface area contributed by atoms with E-state index in [2.05, 4.69) is 37.9 Å². The number of benzene rings is 1. The highest BCUT2D eigenvalue weighted by molar-refractivity contribution is 14.1. The lowest BCUT2D eigenvalue weighted by Crippen LogP contribution is -2.04. The van der Waals surface area contributed by atoms with Crippen molar-refractivity contribution in [1.29, 1.82) is 0 Å². The van der Waals surface area contributed by atoms with Gasteiger partial charge < -0.3 is 11.1 Å². The van der Waals surface area contributed by atoms with E-state index in [1.807, 2.05) is 37.3 Å². The molecule has 1 aromatic heterocycles. The first kappa shape index (κ1) is 11.1. The Morgan fingerprint density at radius 2 is 1.88 bits per heavy atom. The molecule has 5 heteroatoms. The molecule has 0 aliphatic rings. The van der Waals surface area contributed by atoms with Crippen molar-refractivity contribution in [3.05, 3.63) is 39.6 Å². The summed E-state index contributed by atoms with van der Waals surface area (Å²) in [6, 6.07) is 9.85. The summed E-state index contributed by atoms with van der Waals surface area (Å²) < 4.78 is 0.982. The van der Waals surface area contributed by atoms with E-state index in [9.17, 15) is 0 Å². The third-order valence-electron chi connectivity index (χ3n) is 2.07. The minimum Gasteiger partial charge on any atom is -0.368 e. The number of nitrogens with zero attached hydrogens (tertiary/aromatic N) is 2. The van der Waals surface area contributed by atoms with Crippen LogP contribution in [0.3, 0.4) is 0 Å². The minimum absolute atomic E-state index is 0.288. The molecule has 0 saturated heterocycles. The Kier molecular flexibility index (Phi) is 3.23. The van der Waals surface area contributed by atoms with Gasteiger partial charge in [-0.2, -0.15) is 4.98 Å². The van der Waals surface area contributed by atoms with Gasteiger partial charge in [-0.3, -0.25) is 0 Å². The van der Waals surface area contributed by atoms with Gasteiger partial charge in [0.25, 0.3) is 0 Å². The van der Waals surface area contributed by atoms with Crippen molar-refractivity contribution in [2.24, 2.45) is 0 Å². The second-order valence-electron chi connectivity index (χ2n) is 3.32. The Balaban J connectivity index is 2.35. The maximum atomic E-state index is 5.62. The van der Waals surface area contributed by atoms with E-state index in [1.54, 1.807) is 0 Å². The first-order valence-corrected chi connectivity index (χ1v) is 5.86. The fraction of sp³-hybridized carbons (Fsp3) is 0.0909. The summed E-state index contributed by atoms with van der Waals surface area (Å²) in [5, 5.41) is 3.22. The van der Waals surface area contributed by atoms with Gasteiger partial charge in [-0.1, -0.05) is 18.2 Å². The zero-order chi connectivity index (χ0) is 11.5. The number of hydrogen-bond donors (Lipinski definition) is 2. The van der Waals surface area contributed by atoms with Gasteiger partial charge in [-0.15, -0.1) is 0 Å². The third-order valence-corrected chi connectivity index (χ3v) is 3.36. The van der Waals surface area contributed by atoms with Crippen molar-refractivity contribution in [2.45, 2.75) is 6.92 Å². The zero-order valence-corrected chi connectivity index (χ0v) is 10.9. The molecule has 2 rings (SSSR count). The van der Waals surface area contributed by atoms with Gasteiger partial charge in [-0.05, 0) is 41.6 Å². The average molecular weight is 326 g/mol. The van der Waals surface area contributed by atoms with Gasteiger partial charge >= 0.3 is 0 Å². The standard InChI is InChI=1S/C11H11IN4/c1-7-9(12)10(16-11(13)14-7)15-8-5-3-2-4-6-8/h2-6H,1H3,(H3,13,14,15,16). The number of aromatic nitrogens is 2. The summed E-state index contributed by atoms with van der Waals surface area (Å²) in [7, 11) is 0. The Morgan fingerprint density at radius 3 is 2.56 bits per heavy atom. The molecule has 0 aliphatic heterocycles. The van der Waals surface area contributed by atoms with Crippen LogP contribution in [0.1, 0.15) is 5.69 Å². The van der Waals surface area contributed by atoms with Gasteiger partial charge in [0, 0.05) is 5.69 Å². The molecule has 16 heavy (non-hydrogen) atoms. The molecular weight excluding hydrogens is 315 g/mol. The Bertz CT molecular complexity index is 499. The quantitative estimate of drug-likeness (QED) is 0.833. The summed E-state index contributed by atoms with van der Waals surface area (Å²) in [5.41, 5.74) is 7.48. The van der Waals surface area contributed by atoms with Crippen molar-refractivity contribution in [2.75, 3.05) is 11.1 Å². The highest BCUT2D eigenvalue weighted by atomic mass is 127. The number of nitrogens with two attached hydrogens (primary N) is 1. The number of rotatable bonds is 2. The van der Waals surface area contributed by atoms with E-state index in [1.165, 1.54) is 0 Å². The molecule has 0 fully saturated rings. The van der Waals surface area contributed by atoms with E-state index in [0.29, 0.717) is 0 Å². The molecule has 3 N–H and O–H groups in total. The normalized spacial score (nSPS) is 10.1. The van der Waals surface area contributed by atoms with Gasteiger partial charge in [0.05, 0.1) is 9.26 Å². The summed E-state index contributed by atoms with van der Waals surface area (Å²) >= 11 is 2.21. The molecule has 0 atom stereocenters. The number of nitrogens with one attached hydrogen (secondary N) is 1. The molecule has 0 aliphatic carbocycles. The Morgan fingerprint density at radius 1 is 1.19 bits per heavy atom. The van der Waals surface area contributed by atoms with Crippen LogP contribution in [0.4, 0.5) is 17.5 Å². The average Bonchev–Trinajstić information content (AvgIpc) is 2.27. The van der Waals surface area contributed by atoms with Crippen LogP contribution in [0, 0.1) is 10.5 Å². The lowest BCUT2D eigenvalue weighted by molar-refractivity contribution is 1.10. The monoisotopic (exact) mass is 326 g/mol. The summed E-state index contributed by atoms with van der Waals surface area (Å²) in [4.78, 5) is 8.27. The second-order valence-corrected chi connectivity index (χ2v) is 4.40. The number of nitrogen functional groups attached to an aromatic ring is 1. The van der Waals surface area contributed by atoms with Crippen LogP contribution < -0.4 is 11.1 Å². The molecule has 82 valence electrons. The van der Waals surface area contributed by atoms with E-state index >= 15 is 0 Å². The molecule has 0 spiro atoms. The first-order chi connectivity index (χ1) is 7.66. The summed E-state index contributed by atoms with van der Waals surface area (Å²) in [5.74, 6) is 1.04. The lowest BCUT2D eigenvalue weighted by atomic mass is 10.3. The summed E-state index contributed by atoms with van der Waals surface area (Å²) in [6.07, 6.45) is 0. The molecule has 4 nitrogen and oxygen atoms in total. The fourth-order valence-electron chi connectivity index (χ4n) is 1.32. The van der Waals surface area contributed by atoms with Crippen molar-refractivity contribution >= 4 is 40.0 Å². The van der Waals surface area contributed by atoms with Crippen LogP contribution in [-0.4, -0.2) is 9.97 Å². The fourth-order valence-corrected chi connectivity index (χ4v) is 1.70. The molecule has 1 aromatic carbocycles. The molecule has 0 saturated carbocycles. The van der Waals surface area contributed by atoms with E-state index < -0.39 is 0 Å². The molecule has 1 heterocycles. The van der Waals surface area contributed by atoms with Gasteiger partial charge in [0.1, 0.15) is 5.82 Å². The topological polar surface area (TPSA) is 63.8 Å². The van der Waals surface area contributed by atoms with E-state index in [-0.39, 0.29) is 5.95 Å². The summed E-state index contributed by atoms with van der Waals surface area (Å²) in [6.45, 7) is 1.91. The van der Waals surface area contributed by atoms with Crippen molar-refractivity contribution in [3.8, 4) is 0 Å². The second kappa shape index (κ2) is 4.65. The van der Waals surface area contributed by atoms with Crippen LogP contribution in [0.5, 0.6) is 0 Å². The smallest absolute Gasteiger partial charge is 0.222 e. The van der Waals surface area contributed by atoms with Gasteiger partial charge in [0.2, 0.25) is 5.95 Å². The Labute approximate surface area is 107 Å². The lowest BCUT2D eigenvalue weighted by Gasteiger charge is -2.09. The van der Waals surface area contributed by atoms with Crippen molar-refractivity contribution in [3.63, 3.8) is 0 Å². The van der Waals surface area contributed by atoms with Gasteiger partial charge in [0.15, 0.2) is 0 Å². The largest absolute Gasteiger partial charge is 0.368 e. The van der Waals surface area contributed by atoms with Crippen LogP contribution in [0.2, 0.25) is 0 Å². The number of aryl methyl sites for hydroxylation is 1. The number of para-hydroxylation sites is 1. The number of hydrogen-bond acceptors (Lipinski definition) is 4. The Hall–Kier alpha value is -1.37. The van der Waals surface area contributed by atoms with Crippen LogP contribution >= 0.6 is 22.6 Å². The highest BCUT2D eigenvalue weighted by Gasteiger charge is 2.07. The van der Waals surface area contributed by atoms with E-state index in [0.717, 1.165) is 20.8 Å². The predicted molar refractivity (Wildman–Crippen MR) is 73.6 cm³/mol. The molecular formula is C11H11IN4.